The van der Waals surface area contributed by atoms with Gasteiger partial charge < -0.3 is 15.3 Å². The van der Waals surface area contributed by atoms with Crippen LogP contribution in [-0.4, -0.2) is 47.0 Å². The maximum absolute atomic E-state index is 11.5. The molecule has 0 fully saturated rings. The number of amides is 1. The number of nitrogens with one attached hydrogen (secondary N) is 1. The van der Waals surface area contributed by atoms with Gasteiger partial charge in [0.1, 0.15) is 5.82 Å². The van der Waals surface area contributed by atoms with Crippen LogP contribution in [0.3, 0.4) is 0 Å². The summed E-state index contributed by atoms with van der Waals surface area (Å²) in [5.74, 6) is -0.941. The monoisotopic (exact) mass is 271 g/mol. The summed E-state index contributed by atoms with van der Waals surface area (Å²) >= 11 is 5.68. The van der Waals surface area contributed by atoms with E-state index < -0.39 is 5.97 Å². The highest BCUT2D eigenvalue weighted by Gasteiger charge is 2.11. The topological polar surface area (TPSA) is 82.5 Å². The van der Waals surface area contributed by atoms with Gasteiger partial charge >= 0.3 is 5.97 Å². The van der Waals surface area contributed by atoms with Gasteiger partial charge in [0, 0.05) is 19.8 Å². The van der Waals surface area contributed by atoms with Crippen molar-refractivity contribution in [2.45, 2.75) is 6.92 Å². The number of likely N-dealkylation sites (N-methyl/N-ethyl adjacent to an activating group) is 1. The Labute approximate surface area is 110 Å². The third kappa shape index (κ3) is 3.59. The molecule has 0 atom stereocenters. The molecule has 0 saturated heterocycles. The van der Waals surface area contributed by atoms with E-state index in [9.17, 15) is 9.59 Å². The predicted octanol–water partition coefficient (Wildman–Crippen LogP) is 1.32. The molecule has 7 heteroatoms. The number of carboxylic acids is 1. The predicted molar refractivity (Wildman–Crippen MR) is 68.0 cm³/mol. The van der Waals surface area contributed by atoms with Gasteiger partial charge in [0.05, 0.1) is 17.1 Å². The lowest BCUT2D eigenvalue weighted by Crippen LogP contribution is -2.32. The molecular weight excluding hydrogens is 258 g/mol. The number of carbonyl (C=O) groups is 2. The first kappa shape index (κ1) is 14.2. The Morgan fingerprint density at radius 1 is 1.56 bits per heavy atom. The van der Waals surface area contributed by atoms with Gasteiger partial charge in [-0.25, -0.2) is 9.78 Å². The summed E-state index contributed by atoms with van der Waals surface area (Å²) in [4.78, 5) is 27.8. The van der Waals surface area contributed by atoms with E-state index in [0.717, 1.165) is 0 Å². The molecule has 0 aliphatic carbocycles. The molecule has 1 aromatic heterocycles. The highest BCUT2D eigenvalue weighted by atomic mass is 35.5. The molecular formula is C11H14ClN3O3. The number of carbonyl (C=O) groups excluding carboxylic acids is 1. The van der Waals surface area contributed by atoms with Crippen LogP contribution < -0.4 is 5.32 Å². The van der Waals surface area contributed by atoms with Crippen molar-refractivity contribution in [3.05, 3.63) is 22.8 Å². The number of pyridine rings is 1. The Bertz CT molecular complexity index is 465. The molecule has 0 aliphatic rings. The van der Waals surface area contributed by atoms with Gasteiger partial charge in [0.2, 0.25) is 5.91 Å². The van der Waals surface area contributed by atoms with Gasteiger partial charge in [0.15, 0.2) is 0 Å². The van der Waals surface area contributed by atoms with E-state index in [1.807, 2.05) is 6.92 Å². The first-order valence-corrected chi connectivity index (χ1v) is 5.70. The van der Waals surface area contributed by atoms with Crippen LogP contribution in [0, 0.1) is 0 Å². The van der Waals surface area contributed by atoms with E-state index in [4.69, 9.17) is 16.7 Å². The minimum absolute atomic E-state index is 0.0505. The Kier molecular flexibility index (Phi) is 4.91. The van der Waals surface area contributed by atoms with Crippen molar-refractivity contribution in [3.63, 3.8) is 0 Å². The fraction of sp³-hybridized carbons (Fsp3) is 0.364. The van der Waals surface area contributed by atoms with E-state index in [1.165, 1.54) is 12.3 Å². The molecule has 0 aliphatic heterocycles. The molecule has 0 spiro atoms. The fourth-order valence-corrected chi connectivity index (χ4v) is 1.36. The number of aromatic carboxylic acids is 1. The maximum Gasteiger partial charge on any atom is 0.337 e. The number of rotatable bonds is 5. The van der Waals surface area contributed by atoms with Crippen molar-refractivity contribution in [1.29, 1.82) is 0 Å². The van der Waals surface area contributed by atoms with E-state index in [0.29, 0.717) is 12.4 Å². The first-order valence-electron chi connectivity index (χ1n) is 5.32. The molecule has 18 heavy (non-hydrogen) atoms. The van der Waals surface area contributed by atoms with Crippen molar-refractivity contribution in [2.75, 3.05) is 25.5 Å². The van der Waals surface area contributed by atoms with E-state index in [2.05, 4.69) is 10.3 Å². The van der Waals surface area contributed by atoms with Gasteiger partial charge in [0.25, 0.3) is 0 Å². The molecule has 0 aromatic carbocycles. The number of anilines is 1. The number of hydrogen-bond acceptors (Lipinski definition) is 4. The van der Waals surface area contributed by atoms with Gasteiger partial charge in [-0.2, -0.15) is 0 Å². The SMILES string of the molecule is CCN(C)C(=O)CNc1cc(C(=O)O)c(Cl)cn1. The Morgan fingerprint density at radius 2 is 2.22 bits per heavy atom. The number of hydrogen-bond donors (Lipinski definition) is 2. The van der Waals surface area contributed by atoms with Gasteiger partial charge in [-0.1, -0.05) is 11.6 Å². The fourth-order valence-electron chi connectivity index (χ4n) is 1.18. The Balaban J connectivity index is 2.72. The summed E-state index contributed by atoms with van der Waals surface area (Å²) in [6, 6.07) is 1.30. The van der Waals surface area contributed by atoms with Crippen molar-refractivity contribution < 1.29 is 14.7 Å². The van der Waals surface area contributed by atoms with Crippen LogP contribution in [0.2, 0.25) is 5.02 Å². The largest absolute Gasteiger partial charge is 0.478 e. The first-order chi connectivity index (χ1) is 8.45. The maximum atomic E-state index is 11.5. The molecule has 1 heterocycles. The molecule has 1 amide bonds. The van der Waals surface area contributed by atoms with Crippen LogP contribution in [0.15, 0.2) is 12.3 Å². The van der Waals surface area contributed by atoms with Crippen LogP contribution in [-0.2, 0) is 4.79 Å². The smallest absolute Gasteiger partial charge is 0.337 e. The van der Waals surface area contributed by atoms with E-state index >= 15 is 0 Å². The zero-order valence-corrected chi connectivity index (χ0v) is 10.9. The molecule has 0 radical (unpaired) electrons. The quantitative estimate of drug-likeness (QED) is 0.844. The second kappa shape index (κ2) is 6.20. The second-order valence-electron chi connectivity index (χ2n) is 3.62. The molecule has 1 rings (SSSR count). The summed E-state index contributed by atoms with van der Waals surface area (Å²) in [7, 11) is 1.68. The highest BCUT2D eigenvalue weighted by molar-refractivity contribution is 6.33. The van der Waals surface area contributed by atoms with Crippen LogP contribution in [0.5, 0.6) is 0 Å². The summed E-state index contributed by atoms with van der Waals surface area (Å²) in [5, 5.41) is 11.7. The zero-order valence-electron chi connectivity index (χ0n) is 10.1. The highest BCUT2D eigenvalue weighted by Crippen LogP contribution is 2.17. The van der Waals surface area contributed by atoms with Crippen LogP contribution >= 0.6 is 11.6 Å². The third-order valence-electron chi connectivity index (χ3n) is 2.41. The van der Waals surface area contributed by atoms with Gasteiger partial charge in [-0.05, 0) is 13.0 Å². The summed E-state index contributed by atoms with van der Waals surface area (Å²) in [6.45, 7) is 2.52. The molecule has 6 nitrogen and oxygen atoms in total. The summed E-state index contributed by atoms with van der Waals surface area (Å²) in [6.07, 6.45) is 1.24. The van der Waals surface area contributed by atoms with Crippen molar-refractivity contribution in [1.82, 2.24) is 9.88 Å². The molecule has 0 unspecified atom stereocenters. The van der Waals surface area contributed by atoms with Gasteiger partial charge in [-0.15, -0.1) is 0 Å². The lowest BCUT2D eigenvalue weighted by Gasteiger charge is -2.15. The van der Waals surface area contributed by atoms with Crippen LogP contribution in [0.1, 0.15) is 17.3 Å². The lowest BCUT2D eigenvalue weighted by molar-refractivity contribution is -0.127. The number of aromatic nitrogens is 1. The lowest BCUT2D eigenvalue weighted by atomic mass is 10.2. The summed E-state index contributed by atoms with van der Waals surface area (Å²) < 4.78 is 0. The molecule has 0 bridgehead atoms. The molecule has 2 N–H and O–H groups in total. The Morgan fingerprint density at radius 3 is 2.78 bits per heavy atom. The number of halogens is 1. The average Bonchev–Trinajstić information content (AvgIpc) is 2.36. The second-order valence-corrected chi connectivity index (χ2v) is 4.02. The van der Waals surface area contributed by atoms with E-state index in [-0.39, 0.29) is 23.0 Å². The third-order valence-corrected chi connectivity index (χ3v) is 2.71. The summed E-state index contributed by atoms with van der Waals surface area (Å²) in [5.41, 5.74) is -0.0505. The van der Waals surface area contributed by atoms with Crippen molar-refractivity contribution >= 4 is 29.3 Å². The zero-order chi connectivity index (χ0) is 13.7. The van der Waals surface area contributed by atoms with E-state index in [1.54, 1.807) is 11.9 Å². The normalized spacial score (nSPS) is 9.94. The standard InChI is InChI=1S/C11H14ClN3O3/c1-3-15(2)10(16)6-14-9-4-7(11(17)18)8(12)5-13-9/h4-5H,3,6H2,1-2H3,(H,13,14)(H,17,18). The van der Waals surface area contributed by atoms with Crippen LogP contribution in [0.4, 0.5) is 5.82 Å². The van der Waals surface area contributed by atoms with Gasteiger partial charge in [-0.3, -0.25) is 4.79 Å². The van der Waals surface area contributed by atoms with Crippen LogP contribution in [0.25, 0.3) is 0 Å². The molecule has 98 valence electrons. The number of nitrogens with zero attached hydrogens (tertiary/aromatic N) is 2. The van der Waals surface area contributed by atoms with Crippen molar-refractivity contribution in [3.8, 4) is 0 Å². The number of carboxylic acid groups (broad SMARTS) is 1. The van der Waals surface area contributed by atoms with Crippen molar-refractivity contribution in [2.24, 2.45) is 0 Å². The minimum Gasteiger partial charge on any atom is -0.478 e. The average molecular weight is 272 g/mol. The minimum atomic E-state index is -1.14. The molecule has 1 aromatic rings. The Hall–Kier alpha value is -1.82. The molecule has 0 saturated carbocycles.